The van der Waals surface area contributed by atoms with Gasteiger partial charge in [0.1, 0.15) is 0 Å². The summed E-state index contributed by atoms with van der Waals surface area (Å²) in [6, 6.07) is 3.74. The third-order valence-corrected chi connectivity index (χ3v) is 2.99. The smallest absolute Gasteiger partial charge is 0.244 e. The van der Waals surface area contributed by atoms with Gasteiger partial charge in [0, 0.05) is 12.6 Å². The Labute approximate surface area is 149 Å². The molecule has 0 aromatic heterocycles. The second-order valence-corrected chi connectivity index (χ2v) is 4.88. The van der Waals surface area contributed by atoms with Gasteiger partial charge >= 0.3 is 0 Å². The minimum absolute atomic E-state index is 0.0813. The average molecular weight is 349 g/mol. The Balaban J connectivity index is 2.96. The number of hydrogen-bond donors (Lipinski definition) is 2. The number of carbonyl (C=O) groups excluding carboxylic acids is 1. The summed E-state index contributed by atoms with van der Waals surface area (Å²) >= 11 is 0. The number of allylic oxidation sites excluding steroid dienone is 2. The van der Waals surface area contributed by atoms with Crippen LogP contribution in [0.5, 0.6) is 17.2 Å². The molecule has 0 aliphatic carbocycles. The molecule has 0 unspecified atom stereocenters. The van der Waals surface area contributed by atoms with Gasteiger partial charge in [0.15, 0.2) is 11.5 Å². The largest absolute Gasteiger partial charge is 0.490 e. The van der Waals surface area contributed by atoms with Crippen molar-refractivity contribution in [3.8, 4) is 17.2 Å². The number of carbonyl (C=O) groups is 1. The number of nitrogens with one attached hydrogen (secondary N) is 1. The molecule has 0 bridgehead atoms. The van der Waals surface area contributed by atoms with Crippen molar-refractivity contribution in [1.29, 1.82) is 0 Å². The number of hydrogen-bond acceptors (Lipinski definition) is 5. The van der Waals surface area contributed by atoms with Crippen LogP contribution in [-0.2, 0) is 4.79 Å². The summed E-state index contributed by atoms with van der Waals surface area (Å²) in [6.45, 7) is 7.43. The van der Waals surface area contributed by atoms with Gasteiger partial charge < -0.3 is 24.6 Å². The van der Waals surface area contributed by atoms with Gasteiger partial charge in [0.05, 0.1) is 26.4 Å². The maximum Gasteiger partial charge on any atom is 0.244 e. The van der Waals surface area contributed by atoms with Gasteiger partial charge in [0.2, 0.25) is 11.7 Å². The molecule has 1 aromatic rings. The van der Waals surface area contributed by atoms with Gasteiger partial charge in [-0.3, -0.25) is 4.79 Å². The molecule has 0 spiro atoms. The zero-order chi connectivity index (χ0) is 18.5. The summed E-state index contributed by atoms with van der Waals surface area (Å²) in [5, 5.41) is 11.2. The van der Waals surface area contributed by atoms with Crippen molar-refractivity contribution in [2.45, 2.75) is 20.8 Å². The van der Waals surface area contributed by atoms with Gasteiger partial charge in [-0.15, -0.1) is 0 Å². The molecule has 0 atom stereocenters. The molecule has 1 aromatic carbocycles. The molecule has 1 amide bonds. The van der Waals surface area contributed by atoms with Crippen molar-refractivity contribution in [3.05, 3.63) is 35.9 Å². The Morgan fingerprint density at radius 1 is 1.04 bits per heavy atom. The summed E-state index contributed by atoms with van der Waals surface area (Å²) in [5.74, 6) is 1.59. The van der Waals surface area contributed by atoms with E-state index in [1.807, 2.05) is 39.0 Å². The Kier molecular flexibility index (Phi) is 9.85. The molecular formula is C19H27NO5. The van der Waals surface area contributed by atoms with Crippen LogP contribution in [0.25, 0.3) is 6.08 Å². The summed E-state index contributed by atoms with van der Waals surface area (Å²) in [7, 11) is 0. The zero-order valence-electron chi connectivity index (χ0n) is 15.1. The fourth-order valence-corrected chi connectivity index (χ4v) is 2.05. The van der Waals surface area contributed by atoms with E-state index >= 15 is 0 Å². The maximum atomic E-state index is 11.4. The lowest BCUT2D eigenvalue weighted by Crippen LogP contribution is -2.24. The van der Waals surface area contributed by atoms with E-state index in [-0.39, 0.29) is 19.1 Å². The number of benzene rings is 1. The highest BCUT2D eigenvalue weighted by molar-refractivity contribution is 5.87. The molecule has 1 rings (SSSR count). The van der Waals surface area contributed by atoms with Crippen molar-refractivity contribution in [2.24, 2.45) is 0 Å². The van der Waals surface area contributed by atoms with Gasteiger partial charge in [-0.2, -0.15) is 0 Å². The third-order valence-electron chi connectivity index (χ3n) is 2.99. The number of ether oxygens (including phenoxy) is 3. The Hall–Kier alpha value is -2.47. The van der Waals surface area contributed by atoms with E-state index in [1.54, 1.807) is 12.2 Å². The first-order valence-electron chi connectivity index (χ1n) is 8.46. The zero-order valence-corrected chi connectivity index (χ0v) is 15.1. The molecule has 0 radical (unpaired) electrons. The molecule has 0 saturated carbocycles. The first-order chi connectivity index (χ1) is 12.2. The molecule has 6 heteroatoms. The lowest BCUT2D eigenvalue weighted by Gasteiger charge is -2.16. The van der Waals surface area contributed by atoms with Crippen molar-refractivity contribution in [1.82, 2.24) is 5.32 Å². The van der Waals surface area contributed by atoms with Crippen LogP contribution in [0.15, 0.2) is 30.4 Å². The molecule has 138 valence electrons. The van der Waals surface area contributed by atoms with Gasteiger partial charge in [-0.05, 0) is 38.5 Å². The monoisotopic (exact) mass is 349 g/mol. The minimum Gasteiger partial charge on any atom is -0.490 e. The average Bonchev–Trinajstić information content (AvgIpc) is 2.60. The number of amides is 1. The predicted octanol–water partition coefficient (Wildman–Crippen LogP) is 2.56. The van der Waals surface area contributed by atoms with E-state index in [4.69, 9.17) is 19.3 Å². The van der Waals surface area contributed by atoms with Crippen LogP contribution in [0.4, 0.5) is 0 Å². The minimum atomic E-state index is -0.254. The van der Waals surface area contributed by atoms with Crippen LogP contribution in [0.1, 0.15) is 26.3 Å². The molecular weight excluding hydrogens is 322 g/mol. The van der Waals surface area contributed by atoms with E-state index in [1.165, 1.54) is 6.08 Å². The third kappa shape index (κ3) is 7.30. The maximum absolute atomic E-state index is 11.4. The second kappa shape index (κ2) is 12.0. The van der Waals surface area contributed by atoms with Crippen LogP contribution in [0.2, 0.25) is 0 Å². The number of aliphatic hydroxyl groups excluding tert-OH is 1. The fraction of sp³-hybridized carbons (Fsp3) is 0.421. The quantitative estimate of drug-likeness (QED) is 0.474. The van der Waals surface area contributed by atoms with Crippen molar-refractivity contribution in [3.63, 3.8) is 0 Å². The lowest BCUT2D eigenvalue weighted by molar-refractivity contribution is -0.116. The normalized spacial score (nSPS) is 11.0. The van der Waals surface area contributed by atoms with Crippen LogP contribution >= 0.6 is 0 Å². The highest BCUT2D eigenvalue weighted by atomic mass is 16.5. The van der Waals surface area contributed by atoms with Crippen LogP contribution in [0, 0.1) is 0 Å². The fourth-order valence-electron chi connectivity index (χ4n) is 2.05. The Morgan fingerprint density at radius 3 is 2.16 bits per heavy atom. The van der Waals surface area contributed by atoms with Crippen LogP contribution in [0.3, 0.4) is 0 Å². The predicted molar refractivity (Wildman–Crippen MR) is 98.2 cm³/mol. The topological polar surface area (TPSA) is 77.0 Å². The molecule has 6 nitrogen and oxygen atoms in total. The molecule has 0 aliphatic rings. The van der Waals surface area contributed by atoms with Crippen LogP contribution in [-0.4, -0.2) is 44.0 Å². The van der Waals surface area contributed by atoms with Gasteiger partial charge in [0.25, 0.3) is 0 Å². The van der Waals surface area contributed by atoms with E-state index < -0.39 is 0 Å². The molecule has 2 N–H and O–H groups in total. The number of aliphatic hydroxyl groups is 1. The van der Waals surface area contributed by atoms with Crippen molar-refractivity contribution < 1.29 is 24.1 Å². The van der Waals surface area contributed by atoms with E-state index in [9.17, 15) is 4.79 Å². The SMILES string of the molecule is CCOc1cc(/C=C/C=C/C(=O)NCCO)cc(OCC)c1OCC. The molecule has 0 heterocycles. The summed E-state index contributed by atoms with van der Waals surface area (Å²) in [4.78, 5) is 11.4. The second-order valence-electron chi connectivity index (χ2n) is 4.88. The van der Waals surface area contributed by atoms with Gasteiger partial charge in [-0.1, -0.05) is 18.2 Å². The lowest BCUT2D eigenvalue weighted by atomic mass is 10.1. The van der Waals surface area contributed by atoms with E-state index in [2.05, 4.69) is 5.32 Å². The van der Waals surface area contributed by atoms with Crippen molar-refractivity contribution in [2.75, 3.05) is 33.0 Å². The van der Waals surface area contributed by atoms with E-state index in [0.717, 1.165) is 5.56 Å². The van der Waals surface area contributed by atoms with E-state index in [0.29, 0.717) is 37.1 Å². The molecule has 0 fully saturated rings. The number of rotatable bonds is 11. The first kappa shape index (κ1) is 20.6. The Bertz CT molecular complexity index is 568. The summed E-state index contributed by atoms with van der Waals surface area (Å²) in [6.07, 6.45) is 6.62. The molecule has 0 aliphatic heterocycles. The summed E-state index contributed by atoms with van der Waals surface area (Å²) < 4.78 is 17.0. The highest BCUT2D eigenvalue weighted by Crippen LogP contribution is 2.39. The molecule has 0 saturated heterocycles. The first-order valence-corrected chi connectivity index (χ1v) is 8.46. The summed E-state index contributed by atoms with van der Waals surface area (Å²) in [5.41, 5.74) is 0.871. The van der Waals surface area contributed by atoms with Gasteiger partial charge in [-0.25, -0.2) is 0 Å². The highest BCUT2D eigenvalue weighted by Gasteiger charge is 2.13. The standard InChI is InChI=1S/C19H27NO5/c1-4-23-16-13-15(9-7-8-10-18(22)20-11-12-21)14-17(24-5-2)19(16)25-6-3/h7-10,13-14,21H,4-6,11-12H2,1-3H3,(H,20,22)/b9-7+,10-8+. The Morgan fingerprint density at radius 2 is 1.64 bits per heavy atom. The molecule has 25 heavy (non-hydrogen) atoms. The van der Waals surface area contributed by atoms with Crippen LogP contribution < -0.4 is 19.5 Å². The van der Waals surface area contributed by atoms with Crippen molar-refractivity contribution >= 4 is 12.0 Å².